The molecular weight excluding hydrogens is 233 g/mol. The topological polar surface area (TPSA) is 41.1 Å². The molecule has 90 valence electrons. The van der Waals surface area contributed by atoms with Crippen LogP contribution in [0, 0.1) is 0 Å². The molecule has 1 heterocycles. The Morgan fingerprint density at radius 2 is 1.87 bits per heavy atom. The number of halogens is 4. The molecule has 0 saturated carbocycles. The number of piperidine rings is 1. The minimum Gasteiger partial charge on any atom is -0.353 e. The van der Waals surface area contributed by atoms with Crippen molar-refractivity contribution >= 4 is 18.3 Å². The lowest BCUT2D eigenvalue weighted by atomic mass is 10.1. The summed E-state index contributed by atoms with van der Waals surface area (Å²) in [7, 11) is 0. The molecular formula is C8H14ClF3N2O. The summed E-state index contributed by atoms with van der Waals surface area (Å²) in [6.07, 6.45) is -4.39. The molecule has 0 aromatic heterocycles. The van der Waals surface area contributed by atoms with Crippen LogP contribution in [0.5, 0.6) is 0 Å². The van der Waals surface area contributed by atoms with Crippen molar-refractivity contribution in [3.05, 3.63) is 0 Å². The molecule has 0 radical (unpaired) electrons. The number of amides is 1. The molecule has 1 saturated heterocycles. The second-order valence-corrected chi connectivity index (χ2v) is 3.38. The zero-order valence-electron chi connectivity index (χ0n) is 8.06. The Kier molecular flexibility index (Phi) is 5.97. The van der Waals surface area contributed by atoms with Crippen molar-refractivity contribution in [2.24, 2.45) is 0 Å². The first-order valence-corrected chi connectivity index (χ1v) is 4.54. The van der Waals surface area contributed by atoms with Crippen molar-refractivity contribution in [1.82, 2.24) is 10.6 Å². The molecule has 3 nitrogen and oxygen atoms in total. The fraction of sp³-hybridized carbons (Fsp3) is 0.875. The Morgan fingerprint density at radius 1 is 1.33 bits per heavy atom. The molecule has 0 bridgehead atoms. The highest BCUT2D eigenvalue weighted by atomic mass is 35.5. The molecule has 0 spiro atoms. The van der Waals surface area contributed by atoms with Gasteiger partial charge in [0.05, 0.1) is 0 Å². The normalized spacial score (nSPS) is 18.1. The van der Waals surface area contributed by atoms with E-state index >= 15 is 0 Å². The van der Waals surface area contributed by atoms with E-state index in [1.54, 1.807) is 0 Å². The highest BCUT2D eigenvalue weighted by Crippen LogP contribution is 2.19. The Labute approximate surface area is 92.2 Å². The third-order valence-corrected chi connectivity index (χ3v) is 2.07. The molecule has 7 heteroatoms. The van der Waals surface area contributed by atoms with Gasteiger partial charge < -0.3 is 10.6 Å². The van der Waals surface area contributed by atoms with E-state index in [-0.39, 0.29) is 18.4 Å². The van der Waals surface area contributed by atoms with Gasteiger partial charge in [0.15, 0.2) is 0 Å². The molecule has 1 aliphatic heterocycles. The van der Waals surface area contributed by atoms with Crippen LogP contribution in [0.4, 0.5) is 13.2 Å². The van der Waals surface area contributed by atoms with E-state index in [0.29, 0.717) is 12.8 Å². The van der Waals surface area contributed by atoms with Crippen LogP contribution in [0.2, 0.25) is 0 Å². The van der Waals surface area contributed by atoms with E-state index in [0.717, 1.165) is 13.1 Å². The van der Waals surface area contributed by atoms with Crippen LogP contribution in [0.1, 0.15) is 19.3 Å². The maximum absolute atomic E-state index is 11.8. The number of hydrogen-bond donors (Lipinski definition) is 2. The van der Waals surface area contributed by atoms with Crippen LogP contribution in [0.15, 0.2) is 0 Å². The monoisotopic (exact) mass is 246 g/mol. The van der Waals surface area contributed by atoms with Gasteiger partial charge in [-0.15, -0.1) is 12.4 Å². The van der Waals surface area contributed by atoms with Gasteiger partial charge >= 0.3 is 6.18 Å². The van der Waals surface area contributed by atoms with Crippen LogP contribution in [0.3, 0.4) is 0 Å². The molecule has 0 aromatic rings. The average Bonchev–Trinajstić information content (AvgIpc) is 2.02. The fourth-order valence-electron chi connectivity index (χ4n) is 1.43. The maximum atomic E-state index is 11.8. The van der Waals surface area contributed by atoms with Crippen molar-refractivity contribution in [3.63, 3.8) is 0 Å². The summed E-state index contributed by atoms with van der Waals surface area (Å²) < 4.78 is 35.4. The second kappa shape index (κ2) is 6.17. The molecule has 0 atom stereocenters. The number of hydrogen-bond acceptors (Lipinski definition) is 2. The van der Waals surface area contributed by atoms with Gasteiger partial charge in [0.25, 0.3) is 0 Å². The van der Waals surface area contributed by atoms with Gasteiger partial charge in [-0.05, 0) is 25.9 Å². The smallest absolute Gasteiger partial charge is 0.353 e. The first-order valence-electron chi connectivity index (χ1n) is 4.54. The standard InChI is InChI=1S/C8H13F3N2O.ClH/c9-8(10,11)5-7(14)13-6-1-3-12-4-2-6;/h6,12H,1-5H2,(H,13,14);1H. The first kappa shape index (κ1) is 14.5. The minimum atomic E-state index is -4.41. The minimum absolute atomic E-state index is 0. The predicted molar refractivity (Wildman–Crippen MR) is 52.0 cm³/mol. The lowest BCUT2D eigenvalue weighted by Gasteiger charge is -2.23. The summed E-state index contributed by atoms with van der Waals surface area (Å²) in [6, 6.07) is -0.105. The summed E-state index contributed by atoms with van der Waals surface area (Å²) in [6.45, 7) is 1.49. The van der Waals surface area contributed by atoms with Crippen LogP contribution >= 0.6 is 12.4 Å². The fourth-order valence-corrected chi connectivity index (χ4v) is 1.43. The number of alkyl halides is 3. The third-order valence-electron chi connectivity index (χ3n) is 2.07. The third kappa shape index (κ3) is 6.57. The molecule has 1 rings (SSSR count). The van der Waals surface area contributed by atoms with E-state index in [1.165, 1.54) is 0 Å². The lowest BCUT2D eigenvalue weighted by molar-refractivity contribution is -0.154. The van der Waals surface area contributed by atoms with Gasteiger partial charge in [0.1, 0.15) is 6.42 Å². The Balaban J connectivity index is 0.00000196. The zero-order valence-corrected chi connectivity index (χ0v) is 8.88. The Bertz CT molecular complexity index is 205. The molecule has 15 heavy (non-hydrogen) atoms. The molecule has 1 fully saturated rings. The zero-order chi connectivity index (χ0) is 10.6. The highest BCUT2D eigenvalue weighted by molar-refractivity contribution is 5.85. The maximum Gasteiger partial charge on any atom is 0.397 e. The van der Waals surface area contributed by atoms with E-state index in [9.17, 15) is 18.0 Å². The second-order valence-electron chi connectivity index (χ2n) is 3.38. The van der Waals surface area contributed by atoms with Crippen LogP contribution in [-0.2, 0) is 4.79 Å². The van der Waals surface area contributed by atoms with E-state index in [1.807, 2.05) is 0 Å². The number of rotatable bonds is 2. The number of nitrogens with one attached hydrogen (secondary N) is 2. The molecule has 0 aliphatic carbocycles. The molecule has 2 N–H and O–H groups in total. The molecule has 0 unspecified atom stereocenters. The van der Waals surface area contributed by atoms with Crippen LogP contribution < -0.4 is 10.6 Å². The van der Waals surface area contributed by atoms with Crippen LogP contribution in [0.25, 0.3) is 0 Å². The van der Waals surface area contributed by atoms with Crippen LogP contribution in [-0.4, -0.2) is 31.2 Å². The summed E-state index contributed by atoms with van der Waals surface area (Å²) in [5.74, 6) is -0.926. The average molecular weight is 247 g/mol. The molecule has 1 aliphatic rings. The van der Waals surface area contributed by atoms with Crippen molar-refractivity contribution < 1.29 is 18.0 Å². The van der Waals surface area contributed by atoms with Gasteiger partial charge in [0.2, 0.25) is 5.91 Å². The quantitative estimate of drug-likeness (QED) is 0.770. The number of carbonyl (C=O) groups excluding carboxylic acids is 1. The first-order chi connectivity index (χ1) is 6.47. The summed E-state index contributed by atoms with van der Waals surface area (Å²) in [4.78, 5) is 10.9. The Hall–Kier alpha value is -0.490. The summed E-state index contributed by atoms with van der Waals surface area (Å²) >= 11 is 0. The largest absolute Gasteiger partial charge is 0.397 e. The van der Waals surface area contributed by atoms with Crippen molar-refractivity contribution in [2.75, 3.05) is 13.1 Å². The van der Waals surface area contributed by atoms with Gasteiger partial charge in [-0.3, -0.25) is 4.79 Å². The van der Waals surface area contributed by atoms with E-state index in [4.69, 9.17) is 0 Å². The predicted octanol–water partition coefficient (Wildman–Crippen LogP) is 1.23. The van der Waals surface area contributed by atoms with Crippen molar-refractivity contribution in [1.29, 1.82) is 0 Å². The van der Waals surface area contributed by atoms with Gasteiger partial charge in [-0.2, -0.15) is 13.2 Å². The van der Waals surface area contributed by atoms with Gasteiger partial charge in [-0.1, -0.05) is 0 Å². The van der Waals surface area contributed by atoms with E-state index < -0.39 is 18.5 Å². The molecule has 1 amide bonds. The highest BCUT2D eigenvalue weighted by Gasteiger charge is 2.31. The van der Waals surface area contributed by atoms with Crippen molar-refractivity contribution in [2.45, 2.75) is 31.5 Å². The summed E-state index contributed by atoms with van der Waals surface area (Å²) in [5.41, 5.74) is 0. The lowest BCUT2D eigenvalue weighted by Crippen LogP contribution is -2.43. The SMILES string of the molecule is Cl.O=C(CC(F)(F)F)NC1CCNCC1. The van der Waals surface area contributed by atoms with Gasteiger partial charge in [-0.25, -0.2) is 0 Å². The van der Waals surface area contributed by atoms with E-state index in [2.05, 4.69) is 10.6 Å². The molecule has 0 aromatic carbocycles. The van der Waals surface area contributed by atoms with Gasteiger partial charge in [0, 0.05) is 6.04 Å². The van der Waals surface area contributed by atoms with Crippen molar-refractivity contribution in [3.8, 4) is 0 Å². The number of carbonyl (C=O) groups is 1. The Morgan fingerprint density at radius 3 is 2.33 bits per heavy atom. The summed E-state index contributed by atoms with van der Waals surface area (Å²) in [5, 5.41) is 5.44.